The number of carbonyl (C=O) groups excluding carboxylic acids is 2. The summed E-state index contributed by atoms with van der Waals surface area (Å²) < 4.78 is 33.3. The molecule has 0 saturated carbocycles. The quantitative estimate of drug-likeness (QED) is 0.0602. The van der Waals surface area contributed by atoms with Crippen LogP contribution in [0.3, 0.4) is 0 Å². The number of hydrogen-bond donors (Lipinski definition) is 1. The zero-order valence-corrected chi connectivity index (χ0v) is 24.5. The normalized spacial score (nSPS) is 16.0. The van der Waals surface area contributed by atoms with E-state index in [9.17, 15) is 23.5 Å². The van der Waals surface area contributed by atoms with Crippen molar-refractivity contribution in [2.45, 2.75) is 22.7 Å². The summed E-state index contributed by atoms with van der Waals surface area (Å²) in [5, 5.41) is 19.8. The van der Waals surface area contributed by atoms with Crippen LogP contribution in [0.2, 0.25) is 0 Å². The molecule has 1 amide bonds. The molecule has 1 atom stereocenters. The number of carbonyl (C=O) groups is 2. The first-order valence-corrected chi connectivity index (χ1v) is 15.2. The van der Waals surface area contributed by atoms with Crippen LogP contribution in [0, 0.1) is 11.6 Å². The lowest BCUT2D eigenvalue weighted by molar-refractivity contribution is -0.132. The third-order valence-electron chi connectivity index (χ3n) is 6.88. The molecule has 6 rings (SSSR count). The van der Waals surface area contributed by atoms with Gasteiger partial charge in [-0.05, 0) is 65.2 Å². The lowest BCUT2D eigenvalue weighted by Gasteiger charge is -2.22. The van der Waals surface area contributed by atoms with E-state index in [4.69, 9.17) is 4.74 Å². The van der Waals surface area contributed by atoms with Crippen LogP contribution in [0.1, 0.15) is 28.3 Å². The Labute approximate surface area is 259 Å². The number of ketones is 1. The number of aliphatic hydroxyl groups excluding tert-OH is 1. The van der Waals surface area contributed by atoms with Gasteiger partial charge in [0.05, 0.1) is 11.6 Å². The molecule has 1 aliphatic rings. The van der Waals surface area contributed by atoms with Gasteiger partial charge < -0.3 is 9.84 Å². The molecule has 4 aromatic carbocycles. The van der Waals surface area contributed by atoms with Gasteiger partial charge in [0.25, 0.3) is 5.78 Å². The number of halogens is 2. The third-order valence-corrected chi connectivity index (χ3v) is 9.01. The van der Waals surface area contributed by atoms with E-state index in [0.29, 0.717) is 28.0 Å². The second-order valence-corrected chi connectivity index (χ2v) is 12.0. The Morgan fingerprint density at radius 1 is 0.841 bits per heavy atom. The SMILES string of the molecule is O=C1C(=O)N(c2nnc(SCc3ccc(F)cc3)s2)C(c2ccc(OCc3ccccc3)cc2)/C1=C(/O)c1ccc(F)cc1. The van der Waals surface area contributed by atoms with Crippen molar-refractivity contribution in [2.75, 3.05) is 4.90 Å². The lowest BCUT2D eigenvalue weighted by Crippen LogP contribution is -2.29. The molecule has 1 N–H and O–H groups in total. The van der Waals surface area contributed by atoms with Crippen molar-refractivity contribution in [1.82, 2.24) is 10.2 Å². The van der Waals surface area contributed by atoms with Crippen molar-refractivity contribution >= 4 is 45.7 Å². The fourth-order valence-electron chi connectivity index (χ4n) is 4.68. The maximum atomic E-state index is 13.6. The highest BCUT2D eigenvalue weighted by molar-refractivity contribution is 8.00. The van der Waals surface area contributed by atoms with Crippen molar-refractivity contribution in [1.29, 1.82) is 0 Å². The van der Waals surface area contributed by atoms with Gasteiger partial charge in [0, 0.05) is 11.3 Å². The van der Waals surface area contributed by atoms with Crippen LogP contribution in [0.15, 0.2) is 113 Å². The van der Waals surface area contributed by atoms with Gasteiger partial charge in [-0.3, -0.25) is 14.5 Å². The highest BCUT2D eigenvalue weighted by atomic mass is 32.2. The van der Waals surface area contributed by atoms with E-state index in [1.54, 1.807) is 36.4 Å². The molecule has 1 saturated heterocycles. The Morgan fingerprint density at radius 3 is 2.18 bits per heavy atom. The van der Waals surface area contributed by atoms with E-state index >= 15 is 0 Å². The lowest BCUT2D eigenvalue weighted by atomic mass is 9.95. The Kier molecular flexibility index (Phi) is 8.49. The number of aliphatic hydroxyl groups is 1. The largest absolute Gasteiger partial charge is 0.507 e. The minimum atomic E-state index is -1.04. The fourth-order valence-corrected chi connectivity index (χ4v) is 6.50. The standard InChI is InChI=1S/C33H23F2N3O4S2/c34-24-12-6-21(7-13-24)19-43-33-37-36-32(44-33)38-28(22-10-16-26(17-11-22)42-18-20-4-2-1-3-5-20)27(30(40)31(38)41)29(39)23-8-14-25(35)15-9-23/h1-17,28,39H,18-19H2/b29-27-. The molecule has 0 radical (unpaired) electrons. The van der Waals surface area contributed by atoms with Gasteiger partial charge in [-0.15, -0.1) is 10.2 Å². The first-order chi connectivity index (χ1) is 21.4. The summed E-state index contributed by atoms with van der Waals surface area (Å²) in [6.07, 6.45) is 0. The highest BCUT2D eigenvalue weighted by Crippen LogP contribution is 2.44. The van der Waals surface area contributed by atoms with E-state index in [1.165, 1.54) is 40.9 Å². The van der Waals surface area contributed by atoms with Gasteiger partial charge in [-0.1, -0.05) is 77.7 Å². The molecule has 0 aliphatic carbocycles. The van der Waals surface area contributed by atoms with Crippen molar-refractivity contribution in [2.24, 2.45) is 0 Å². The maximum absolute atomic E-state index is 13.6. The predicted molar refractivity (Wildman–Crippen MR) is 164 cm³/mol. The van der Waals surface area contributed by atoms with Gasteiger partial charge >= 0.3 is 5.91 Å². The number of amides is 1. The molecule has 0 spiro atoms. The van der Waals surface area contributed by atoms with Crippen LogP contribution < -0.4 is 9.64 Å². The summed E-state index contributed by atoms with van der Waals surface area (Å²) in [4.78, 5) is 28.1. The second kappa shape index (κ2) is 12.8. The van der Waals surface area contributed by atoms with Gasteiger partial charge in [0.2, 0.25) is 5.13 Å². The van der Waals surface area contributed by atoms with Crippen LogP contribution in [0.4, 0.5) is 13.9 Å². The zero-order chi connectivity index (χ0) is 30.6. The summed E-state index contributed by atoms with van der Waals surface area (Å²) in [6.45, 7) is 0.354. The zero-order valence-electron chi connectivity index (χ0n) is 22.9. The summed E-state index contributed by atoms with van der Waals surface area (Å²) in [5.74, 6) is -2.00. The minimum absolute atomic E-state index is 0.157. The number of anilines is 1. The number of aromatic nitrogens is 2. The number of hydrogen-bond acceptors (Lipinski definition) is 8. The Balaban J connectivity index is 1.33. The van der Waals surface area contributed by atoms with E-state index in [0.717, 1.165) is 34.6 Å². The average Bonchev–Trinajstić information content (AvgIpc) is 3.62. The van der Waals surface area contributed by atoms with Crippen molar-refractivity contribution in [3.05, 3.63) is 143 Å². The molecule has 5 aromatic rings. The Hall–Kier alpha value is -4.87. The van der Waals surface area contributed by atoms with Crippen LogP contribution in [-0.4, -0.2) is 27.0 Å². The average molecular weight is 628 g/mol. The van der Waals surface area contributed by atoms with E-state index in [2.05, 4.69) is 10.2 Å². The molecule has 1 aromatic heterocycles. The minimum Gasteiger partial charge on any atom is -0.507 e. The van der Waals surface area contributed by atoms with Crippen molar-refractivity contribution in [3.63, 3.8) is 0 Å². The molecule has 1 fully saturated rings. The van der Waals surface area contributed by atoms with Crippen molar-refractivity contribution < 1.29 is 28.2 Å². The fraction of sp³-hybridized carbons (Fsp3) is 0.0909. The Bertz CT molecular complexity index is 1830. The number of rotatable bonds is 9. The number of nitrogens with zero attached hydrogens (tertiary/aromatic N) is 3. The first-order valence-electron chi connectivity index (χ1n) is 13.4. The molecule has 2 heterocycles. The number of ether oxygens (including phenoxy) is 1. The molecular formula is C33H23F2N3O4S2. The molecular weight excluding hydrogens is 605 g/mol. The molecule has 1 unspecified atom stereocenters. The van der Waals surface area contributed by atoms with Crippen LogP contribution in [0.5, 0.6) is 5.75 Å². The molecule has 0 bridgehead atoms. The molecule has 7 nitrogen and oxygen atoms in total. The Morgan fingerprint density at radius 2 is 1.50 bits per heavy atom. The highest BCUT2D eigenvalue weighted by Gasteiger charge is 2.48. The number of thioether (sulfide) groups is 1. The van der Waals surface area contributed by atoms with E-state index in [1.807, 2.05) is 30.3 Å². The summed E-state index contributed by atoms with van der Waals surface area (Å²) in [6, 6.07) is 26.6. The van der Waals surface area contributed by atoms with E-state index in [-0.39, 0.29) is 22.1 Å². The molecule has 1 aliphatic heterocycles. The summed E-state index contributed by atoms with van der Waals surface area (Å²) >= 11 is 2.47. The van der Waals surface area contributed by atoms with Crippen LogP contribution in [-0.2, 0) is 21.9 Å². The van der Waals surface area contributed by atoms with Gasteiger partial charge in [0.15, 0.2) is 4.34 Å². The maximum Gasteiger partial charge on any atom is 0.301 e. The summed E-state index contributed by atoms with van der Waals surface area (Å²) in [5.41, 5.74) is 2.42. The van der Waals surface area contributed by atoms with Gasteiger partial charge in [-0.25, -0.2) is 8.78 Å². The number of benzene rings is 4. The molecule has 11 heteroatoms. The molecule has 220 valence electrons. The topological polar surface area (TPSA) is 92.6 Å². The predicted octanol–water partition coefficient (Wildman–Crippen LogP) is 7.31. The summed E-state index contributed by atoms with van der Waals surface area (Å²) in [7, 11) is 0. The third kappa shape index (κ3) is 6.24. The van der Waals surface area contributed by atoms with Crippen LogP contribution >= 0.6 is 23.1 Å². The second-order valence-electron chi connectivity index (χ2n) is 9.78. The monoisotopic (exact) mass is 627 g/mol. The van der Waals surface area contributed by atoms with Gasteiger partial charge in [0.1, 0.15) is 29.8 Å². The van der Waals surface area contributed by atoms with E-state index < -0.39 is 29.3 Å². The smallest absolute Gasteiger partial charge is 0.301 e. The first kappa shape index (κ1) is 29.2. The number of Topliss-reactive ketones (excluding diaryl/α,β-unsaturated/α-hetero) is 1. The van der Waals surface area contributed by atoms with Crippen LogP contribution in [0.25, 0.3) is 5.76 Å². The molecule has 44 heavy (non-hydrogen) atoms. The van der Waals surface area contributed by atoms with Gasteiger partial charge in [-0.2, -0.15) is 0 Å². The van der Waals surface area contributed by atoms with Crippen molar-refractivity contribution in [3.8, 4) is 5.75 Å².